The molecule has 0 unspecified atom stereocenters. The van der Waals surface area contributed by atoms with Crippen LogP contribution in [0.2, 0.25) is 0 Å². The van der Waals surface area contributed by atoms with Crippen molar-refractivity contribution in [3.63, 3.8) is 0 Å². The highest BCUT2D eigenvalue weighted by Crippen LogP contribution is 2.31. The van der Waals surface area contributed by atoms with Crippen LogP contribution < -0.4 is 5.56 Å². The van der Waals surface area contributed by atoms with Crippen LogP contribution in [0.5, 0.6) is 0 Å². The first-order chi connectivity index (χ1) is 8.30. The van der Waals surface area contributed by atoms with Gasteiger partial charge in [-0.1, -0.05) is 0 Å². The van der Waals surface area contributed by atoms with E-state index in [1.165, 1.54) is 0 Å². The van der Waals surface area contributed by atoms with Crippen LogP contribution in [-0.4, -0.2) is 20.6 Å². The molecular weight excluding hydrogens is 253 g/mol. The van der Waals surface area contributed by atoms with Gasteiger partial charge in [-0.15, -0.1) is 0 Å². The van der Waals surface area contributed by atoms with Gasteiger partial charge >= 0.3 is 12.1 Å². The average Bonchev–Trinajstić information content (AvgIpc) is 3.02. The summed E-state index contributed by atoms with van der Waals surface area (Å²) < 4.78 is 38.5. The van der Waals surface area contributed by atoms with E-state index in [1.54, 1.807) is 0 Å². The minimum Gasteiger partial charge on any atom is -0.477 e. The number of alkyl halides is 3. The van der Waals surface area contributed by atoms with Crippen molar-refractivity contribution in [3.8, 4) is 0 Å². The van der Waals surface area contributed by atoms with Gasteiger partial charge in [-0.05, 0) is 18.8 Å². The van der Waals surface area contributed by atoms with Crippen molar-refractivity contribution in [1.29, 1.82) is 0 Å². The molecule has 1 N–H and O–H groups in total. The van der Waals surface area contributed by atoms with E-state index in [9.17, 15) is 22.8 Å². The lowest BCUT2D eigenvalue weighted by Crippen LogP contribution is -2.32. The molecule has 98 valence electrons. The molecule has 0 bridgehead atoms. The number of carboxylic acids is 1. The van der Waals surface area contributed by atoms with Crippen LogP contribution >= 0.6 is 0 Å². The Kier molecular flexibility index (Phi) is 2.88. The van der Waals surface area contributed by atoms with E-state index in [4.69, 9.17) is 5.11 Å². The second-order valence-electron chi connectivity index (χ2n) is 4.17. The molecule has 8 heteroatoms. The van der Waals surface area contributed by atoms with E-state index in [2.05, 4.69) is 4.98 Å². The second kappa shape index (κ2) is 4.11. The summed E-state index contributed by atoms with van der Waals surface area (Å²) in [4.78, 5) is 25.5. The van der Waals surface area contributed by atoms with Crippen LogP contribution in [0.1, 0.15) is 28.9 Å². The van der Waals surface area contributed by atoms with E-state index in [0.29, 0.717) is 0 Å². The molecule has 0 aromatic carbocycles. The Labute approximate surface area is 98.9 Å². The summed E-state index contributed by atoms with van der Waals surface area (Å²) in [6.45, 7) is 0.213. The Hall–Kier alpha value is -1.86. The molecule has 1 aliphatic rings. The summed E-state index contributed by atoms with van der Waals surface area (Å²) in [5.41, 5.74) is -4.12. The standard InChI is InChI=1S/C10H9F3N2O3/c11-10(12,13)7-6(9(17)18)8(16)15(4-14-7)3-5-1-2-5/h4-5H,1-3H2,(H,17,18). The normalized spacial score (nSPS) is 15.7. The van der Waals surface area contributed by atoms with Crippen molar-refractivity contribution in [2.24, 2.45) is 5.92 Å². The topological polar surface area (TPSA) is 72.2 Å². The van der Waals surface area contributed by atoms with Crippen LogP contribution in [-0.2, 0) is 12.7 Å². The minimum atomic E-state index is -4.95. The zero-order valence-corrected chi connectivity index (χ0v) is 9.07. The predicted octanol–water partition coefficient (Wildman–Crippen LogP) is 1.37. The number of rotatable bonds is 3. The maximum absolute atomic E-state index is 12.5. The van der Waals surface area contributed by atoms with Crippen LogP contribution in [0.3, 0.4) is 0 Å². The maximum Gasteiger partial charge on any atom is 0.434 e. The van der Waals surface area contributed by atoms with Gasteiger partial charge in [0.15, 0.2) is 11.3 Å². The summed E-state index contributed by atoms with van der Waals surface area (Å²) in [6, 6.07) is 0. The maximum atomic E-state index is 12.5. The third kappa shape index (κ3) is 2.36. The van der Waals surface area contributed by atoms with Crippen molar-refractivity contribution < 1.29 is 23.1 Å². The number of hydrogen-bond donors (Lipinski definition) is 1. The first-order valence-electron chi connectivity index (χ1n) is 5.20. The largest absolute Gasteiger partial charge is 0.477 e. The van der Waals surface area contributed by atoms with Crippen molar-refractivity contribution >= 4 is 5.97 Å². The molecule has 18 heavy (non-hydrogen) atoms. The van der Waals surface area contributed by atoms with Crippen molar-refractivity contribution in [2.75, 3.05) is 0 Å². The molecule has 1 fully saturated rings. The summed E-state index contributed by atoms with van der Waals surface area (Å²) in [6.07, 6.45) is -2.42. The SMILES string of the molecule is O=C(O)c1c(C(F)(F)F)ncn(CC2CC2)c1=O. The Morgan fingerprint density at radius 3 is 2.56 bits per heavy atom. The van der Waals surface area contributed by atoms with Gasteiger partial charge in [0, 0.05) is 6.54 Å². The molecule has 2 rings (SSSR count). The fourth-order valence-corrected chi connectivity index (χ4v) is 1.61. The van der Waals surface area contributed by atoms with Gasteiger partial charge in [0.05, 0.1) is 6.33 Å². The monoisotopic (exact) mass is 262 g/mol. The lowest BCUT2D eigenvalue weighted by Gasteiger charge is -2.11. The lowest BCUT2D eigenvalue weighted by atomic mass is 10.2. The van der Waals surface area contributed by atoms with E-state index >= 15 is 0 Å². The number of carbonyl (C=O) groups is 1. The Morgan fingerprint density at radius 1 is 1.50 bits per heavy atom. The van der Waals surface area contributed by atoms with Gasteiger partial charge in [0.1, 0.15) is 0 Å². The molecule has 1 aliphatic carbocycles. The highest BCUT2D eigenvalue weighted by Gasteiger charge is 2.39. The summed E-state index contributed by atoms with van der Waals surface area (Å²) >= 11 is 0. The average molecular weight is 262 g/mol. The van der Waals surface area contributed by atoms with Crippen LogP contribution in [0, 0.1) is 5.92 Å². The van der Waals surface area contributed by atoms with Gasteiger partial charge in [0.2, 0.25) is 0 Å². The minimum absolute atomic E-state index is 0.213. The highest BCUT2D eigenvalue weighted by molar-refractivity contribution is 5.88. The summed E-state index contributed by atoms with van der Waals surface area (Å²) in [7, 11) is 0. The molecule has 0 amide bonds. The smallest absolute Gasteiger partial charge is 0.434 e. The molecule has 0 atom stereocenters. The lowest BCUT2D eigenvalue weighted by molar-refractivity contribution is -0.142. The van der Waals surface area contributed by atoms with Crippen LogP contribution in [0.25, 0.3) is 0 Å². The van der Waals surface area contributed by atoms with Gasteiger partial charge in [-0.3, -0.25) is 9.36 Å². The molecule has 1 saturated carbocycles. The highest BCUT2D eigenvalue weighted by atomic mass is 19.4. The predicted molar refractivity (Wildman–Crippen MR) is 53.2 cm³/mol. The Bertz CT molecular complexity index is 546. The molecule has 0 saturated heterocycles. The molecule has 1 heterocycles. The third-order valence-electron chi connectivity index (χ3n) is 2.67. The zero-order chi connectivity index (χ0) is 13.5. The second-order valence-corrected chi connectivity index (χ2v) is 4.17. The third-order valence-corrected chi connectivity index (χ3v) is 2.67. The molecule has 1 aromatic heterocycles. The first-order valence-corrected chi connectivity index (χ1v) is 5.20. The Balaban J connectivity index is 2.54. The number of halogens is 3. The van der Waals surface area contributed by atoms with Crippen LogP contribution in [0.4, 0.5) is 13.2 Å². The van der Waals surface area contributed by atoms with Crippen LogP contribution in [0.15, 0.2) is 11.1 Å². The molecule has 0 radical (unpaired) electrons. The van der Waals surface area contributed by atoms with E-state index < -0.39 is 29.0 Å². The fourth-order valence-electron chi connectivity index (χ4n) is 1.61. The summed E-state index contributed by atoms with van der Waals surface area (Å²) in [5.74, 6) is -1.69. The molecular formula is C10H9F3N2O3. The number of aromatic nitrogens is 2. The Morgan fingerprint density at radius 2 is 2.11 bits per heavy atom. The fraction of sp³-hybridized carbons (Fsp3) is 0.500. The van der Waals surface area contributed by atoms with Gasteiger partial charge in [-0.2, -0.15) is 13.2 Å². The van der Waals surface area contributed by atoms with E-state index in [1.807, 2.05) is 0 Å². The van der Waals surface area contributed by atoms with E-state index in [0.717, 1.165) is 23.7 Å². The van der Waals surface area contributed by atoms with Crippen molar-refractivity contribution in [2.45, 2.75) is 25.6 Å². The zero-order valence-electron chi connectivity index (χ0n) is 9.07. The molecule has 5 nitrogen and oxygen atoms in total. The van der Waals surface area contributed by atoms with Gasteiger partial charge in [-0.25, -0.2) is 9.78 Å². The quantitative estimate of drug-likeness (QED) is 0.892. The summed E-state index contributed by atoms with van der Waals surface area (Å²) in [5, 5.41) is 8.73. The van der Waals surface area contributed by atoms with Crippen molar-refractivity contribution in [3.05, 3.63) is 27.9 Å². The van der Waals surface area contributed by atoms with Crippen molar-refractivity contribution in [1.82, 2.24) is 9.55 Å². The molecule has 1 aromatic rings. The first kappa shape index (κ1) is 12.6. The number of nitrogens with zero attached hydrogens (tertiary/aromatic N) is 2. The van der Waals surface area contributed by atoms with Gasteiger partial charge in [0.25, 0.3) is 5.56 Å². The number of carboxylic acid groups (broad SMARTS) is 1. The molecule has 0 aliphatic heterocycles. The number of hydrogen-bond acceptors (Lipinski definition) is 3. The van der Waals surface area contributed by atoms with Gasteiger partial charge < -0.3 is 5.11 Å². The molecule has 0 spiro atoms. The number of aromatic carboxylic acids is 1. The van der Waals surface area contributed by atoms with E-state index in [-0.39, 0.29) is 12.5 Å².